The summed E-state index contributed by atoms with van der Waals surface area (Å²) in [5, 5.41) is 9.71. The number of carbonyl (C=O) groups is 1. The fourth-order valence-corrected chi connectivity index (χ4v) is 2.27. The van der Waals surface area contributed by atoms with E-state index in [9.17, 15) is 14.7 Å². The number of H-pyrrole nitrogens is 1. The average molecular weight is 236 g/mol. The minimum atomic E-state index is -0.445. The molecular formula is C12H16N2O3. The Kier molecular flexibility index (Phi) is 2.92. The molecule has 0 radical (unpaired) electrons. The fourth-order valence-electron chi connectivity index (χ4n) is 2.27. The van der Waals surface area contributed by atoms with Gasteiger partial charge in [-0.2, -0.15) is 0 Å². The monoisotopic (exact) mass is 236 g/mol. The first kappa shape index (κ1) is 11.7. The second-order valence-corrected chi connectivity index (χ2v) is 4.34. The summed E-state index contributed by atoms with van der Waals surface area (Å²) in [7, 11) is 0. The molecule has 2 heterocycles. The highest BCUT2D eigenvalue weighted by molar-refractivity contribution is 5.99. The maximum absolute atomic E-state index is 12.1. The molecule has 0 spiro atoms. The summed E-state index contributed by atoms with van der Waals surface area (Å²) < 4.78 is 0. The van der Waals surface area contributed by atoms with E-state index in [0.29, 0.717) is 17.7 Å². The number of aromatic hydroxyl groups is 1. The lowest BCUT2D eigenvalue weighted by molar-refractivity contribution is 0.0734. The van der Waals surface area contributed by atoms with E-state index >= 15 is 0 Å². The summed E-state index contributed by atoms with van der Waals surface area (Å²) >= 11 is 0. The molecule has 0 saturated heterocycles. The lowest BCUT2D eigenvalue weighted by Gasteiger charge is -2.21. The lowest BCUT2D eigenvalue weighted by atomic mass is 10.1. The molecule has 5 nitrogen and oxygen atoms in total. The van der Waals surface area contributed by atoms with Gasteiger partial charge in [0.15, 0.2) is 5.88 Å². The number of aromatic amines is 1. The van der Waals surface area contributed by atoms with Crippen LogP contribution < -0.4 is 5.56 Å². The van der Waals surface area contributed by atoms with Crippen LogP contribution in [0.1, 0.15) is 48.7 Å². The van der Waals surface area contributed by atoms with E-state index < -0.39 is 5.56 Å². The first-order valence-corrected chi connectivity index (χ1v) is 5.83. The van der Waals surface area contributed by atoms with Gasteiger partial charge in [-0.15, -0.1) is 0 Å². The second-order valence-electron chi connectivity index (χ2n) is 4.34. The van der Waals surface area contributed by atoms with Gasteiger partial charge in [-0.3, -0.25) is 14.6 Å². The molecule has 1 aromatic heterocycles. The smallest absolute Gasteiger partial charge is 0.255 e. The van der Waals surface area contributed by atoms with Crippen LogP contribution in [0.2, 0.25) is 0 Å². The maximum atomic E-state index is 12.1. The lowest BCUT2D eigenvalue weighted by Crippen LogP contribution is -2.27. The maximum Gasteiger partial charge on any atom is 0.255 e. The second kappa shape index (κ2) is 4.24. The minimum Gasteiger partial charge on any atom is -0.494 e. The van der Waals surface area contributed by atoms with Crippen molar-refractivity contribution in [1.82, 2.24) is 9.88 Å². The predicted octanol–water partition coefficient (Wildman–Crippen LogP) is 1.40. The van der Waals surface area contributed by atoms with Crippen molar-refractivity contribution in [2.24, 2.45) is 0 Å². The van der Waals surface area contributed by atoms with Crippen molar-refractivity contribution in [2.75, 3.05) is 6.54 Å². The van der Waals surface area contributed by atoms with E-state index in [4.69, 9.17) is 0 Å². The van der Waals surface area contributed by atoms with Gasteiger partial charge in [0, 0.05) is 18.2 Å². The fraction of sp³-hybridized carbons (Fsp3) is 0.500. The molecule has 17 heavy (non-hydrogen) atoms. The van der Waals surface area contributed by atoms with Crippen molar-refractivity contribution in [2.45, 2.75) is 32.7 Å². The van der Waals surface area contributed by atoms with E-state index in [1.807, 2.05) is 6.92 Å². The van der Waals surface area contributed by atoms with E-state index in [2.05, 4.69) is 11.9 Å². The number of pyridine rings is 1. The first-order chi connectivity index (χ1) is 8.06. The predicted molar refractivity (Wildman–Crippen MR) is 63.1 cm³/mol. The van der Waals surface area contributed by atoms with Crippen LogP contribution in [0.5, 0.6) is 5.88 Å². The number of amides is 1. The molecular weight excluding hydrogens is 220 g/mol. The zero-order valence-corrected chi connectivity index (χ0v) is 9.99. The molecule has 0 aromatic carbocycles. The summed E-state index contributed by atoms with van der Waals surface area (Å²) in [6, 6.07) is 1.08. The Hall–Kier alpha value is -1.78. The molecule has 1 atom stereocenters. The normalized spacial score (nSPS) is 18.6. The third-order valence-corrected chi connectivity index (χ3v) is 3.19. The third-order valence-electron chi connectivity index (χ3n) is 3.19. The molecule has 5 heteroatoms. The van der Waals surface area contributed by atoms with Crippen LogP contribution in [0, 0.1) is 0 Å². The van der Waals surface area contributed by atoms with Gasteiger partial charge in [0.2, 0.25) is 0 Å². The van der Waals surface area contributed by atoms with Crippen LogP contribution in [-0.4, -0.2) is 27.4 Å². The van der Waals surface area contributed by atoms with Gasteiger partial charge in [-0.1, -0.05) is 13.3 Å². The standard InChI is InChI=1S/C12H16N2O3/c1-3-4-5-14-7(2)10-8(12(14)17)6-9(15)13-11(10)16/h6-7H,3-5H2,1-2H3,(H2,13,15,16)/t7-/m0/s1. The Bertz CT molecular complexity index is 507. The number of aromatic nitrogens is 1. The van der Waals surface area contributed by atoms with Gasteiger partial charge in [0.25, 0.3) is 11.5 Å². The van der Waals surface area contributed by atoms with Gasteiger partial charge in [0.1, 0.15) is 0 Å². The van der Waals surface area contributed by atoms with Crippen LogP contribution in [-0.2, 0) is 0 Å². The number of nitrogens with one attached hydrogen (secondary N) is 1. The number of unbranched alkanes of at least 4 members (excludes halogenated alkanes) is 1. The van der Waals surface area contributed by atoms with E-state index in [1.54, 1.807) is 4.90 Å². The number of nitrogens with zero attached hydrogens (tertiary/aromatic N) is 1. The highest BCUT2D eigenvalue weighted by Gasteiger charge is 2.36. The van der Waals surface area contributed by atoms with Crippen LogP contribution >= 0.6 is 0 Å². The largest absolute Gasteiger partial charge is 0.494 e. The average Bonchev–Trinajstić information content (AvgIpc) is 2.49. The zero-order valence-electron chi connectivity index (χ0n) is 9.99. The van der Waals surface area contributed by atoms with Crippen LogP contribution in [0.4, 0.5) is 0 Å². The summed E-state index contributed by atoms with van der Waals surface area (Å²) in [6.45, 7) is 4.57. The van der Waals surface area contributed by atoms with Crippen LogP contribution in [0.15, 0.2) is 10.9 Å². The number of fused-ring (bicyclic) bond motifs is 1. The molecule has 1 aliphatic rings. The number of rotatable bonds is 3. The summed E-state index contributed by atoms with van der Waals surface area (Å²) in [4.78, 5) is 27.3. The van der Waals surface area contributed by atoms with Crippen molar-refractivity contribution >= 4 is 5.91 Å². The molecule has 1 aromatic rings. The summed E-state index contributed by atoms with van der Waals surface area (Å²) in [5.41, 5.74) is 0.416. The Morgan fingerprint density at radius 3 is 2.82 bits per heavy atom. The Morgan fingerprint density at radius 2 is 2.18 bits per heavy atom. The molecule has 2 N–H and O–H groups in total. The SMILES string of the molecule is CCCCN1C(=O)c2cc(=O)[nH]c(O)c2[C@@H]1C. The van der Waals surface area contributed by atoms with Gasteiger partial charge in [-0.05, 0) is 13.3 Å². The number of hydrogen-bond acceptors (Lipinski definition) is 3. The third kappa shape index (κ3) is 1.81. The van der Waals surface area contributed by atoms with Gasteiger partial charge >= 0.3 is 0 Å². The Balaban J connectivity index is 2.42. The molecule has 1 amide bonds. The number of hydrogen-bond donors (Lipinski definition) is 2. The van der Waals surface area contributed by atoms with Crippen molar-refractivity contribution in [1.29, 1.82) is 0 Å². The van der Waals surface area contributed by atoms with E-state index in [0.717, 1.165) is 12.8 Å². The van der Waals surface area contributed by atoms with Crippen molar-refractivity contribution in [3.05, 3.63) is 27.5 Å². The Labute approximate surface area is 99.1 Å². The molecule has 0 bridgehead atoms. The van der Waals surface area contributed by atoms with E-state index in [1.165, 1.54) is 6.07 Å². The molecule has 0 fully saturated rings. The van der Waals surface area contributed by atoms with Crippen molar-refractivity contribution in [3.63, 3.8) is 0 Å². The quantitative estimate of drug-likeness (QED) is 0.833. The molecule has 0 unspecified atom stereocenters. The van der Waals surface area contributed by atoms with E-state index in [-0.39, 0.29) is 17.8 Å². The zero-order chi connectivity index (χ0) is 12.6. The molecule has 1 aliphatic heterocycles. The van der Waals surface area contributed by atoms with Gasteiger partial charge in [-0.25, -0.2) is 0 Å². The molecule has 92 valence electrons. The topological polar surface area (TPSA) is 73.4 Å². The Morgan fingerprint density at radius 1 is 1.47 bits per heavy atom. The van der Waals surface area contributed by atoms with Crippen molar-refractivity contribution < 1.29 is 9.90 Å². The molecule has 2 rings (SSSR count). The molecule has 0 aliphatic carbocycles. The minimum absolute atomic E-state index is 0.164. The molecule has 0 saturated carbocycles. The van der Waals surface area contributed by atoms with Gasteiger partial charge < -0.3 is 10.0 Å². The summed E-state index contributed by atoms with van der Waals surface area (Å²) in [6.07, 6.45) is 1.91. The van der Waals surface area contributed by atoms with Crippen LogP contribution in [0.3, 0.4) is 0 Å². The van der Waals surface area contributed by atoms with Crippen LogP contribution in [0.25, 0.3) is 0 Å². The number of carbonyl (C=O) groups excluding carboxylic acids is 1. The van der Waals surface area contributed by atoms with Crippen molar-refractivity contribution in [3.8, 4) is 5.88 Å². The highest BCUT2D eigenvalue weighted by atomic mass is 16.3. The summed E-state index contributed by atoms with van der Waals surface area (Å²) in [5.74, 6) is -0.352. The highest BCUT2D eigenvalue weighted by Crippen LogP contribution is 2.36. The van der Waals surface area contributed by atoms with Gasteiger partial charge in [0.05, 0.1) is 11.6 Å². The first-order valence-electron chi connectivity index (χ1n) is 5.83.